The number of esters is 1. The van der Waals surface area contributed by atoms with Crippen molar-refractivity contribution in [1.29, 1.82) is 0 Å². The molecule has 15 heteroatoms. The van der Waals surface area contributed by atoms with Crippen LogP contribution in [0, 0.1) is 157 Å². The van der Waals surface area contributed by atoms with Gasteiger partial charge in [0.05, 0.1) is 49.8 Å². The number of carboxylic acid groups (broad SMARTS) is 1. The van der Waals surface area contributed by atoms with Gasteiger partial charge in [-0.15, -0.1) is 0 Å². The van der Waals surface area contributed by atoms with Crippen molar-refractivity contribution in [3.05, 3.63) is 0 Å². The molecule has 562 valence electrons. The van der Waals surface area contributed by atoms with Gasteiger partial charge >= 0.3 is 17.9 Å². The van der Waals surface area contributed by atoms with Crippen molar-refractivity contribution in [1.82, 2.24) is 0 Å². The number of hydrogen-bond acceptors (Lipinski definition) is 14. The third kappa shape index (κ3) is 14.1. The normalized spacial score (nSPS) is 49.0. The molecule has 12 aliphatic rings. The highest BCUT2D eigenvalue weighted by atomic mass is 17.1. The number of methoxy groups -OCH3 is 1. The largest absolute Gasteiger partial charge is 0.481 e. The number of fused-ring (bicyclic) bond motifs is 15. The Morgan fingerprint density at radius 2 is 0.856 bits per heavy atom. The fraction of sp³-hybridized carbons (Fsp3) is 0.951. The number of ether oxygens (including phenoxy) is 1. The number of hydrogen-bond donors (Lipinski definition) is 9. The molecular weight excluding hydrogens is 1220 g/mol. The highest BCUT2D eigenvalue weighted by Crippen LogP contribution is 2.73. The predicted octanol–water partition coefficient (Wildman–Crippen LogP) is 15.4. The maximum Gasteiger partial charge on any atom is 0.342 e. The molecule has 0 spiro atoms. The molecule has 0 saturated heterocycles. The lowest BCUT2D eigenvalue weighted by Gasteiger charge is -2.66. The van der Waals surface area contributed by atoms with E-state index in [9.17, 15) is 54.9 Å². The molecule has 97 heavy (non-hydrogen) atoms. The Morgan fingerprint density at radius 1 is 0.474 bits per heavy atom. The van der Waals surface area contributed by atoms with Crippen molar-refractivity contribution < 1.29 is 74.9 Å². The van der Waals surface area contributed by atoms with Crippen LogP contribution in [0.25, 0.3) is 0 Å². The molecule has 0 aromatic rings. The molecule has 12 rings (SSSR count). The van der Waals surface area contributed by atoms with E-state index in [2.05, 4.69) is 88.0 Å². The number of carbonyl (C=O) groups is 4. The molecule has 0 bridgehead atoms. The molecule has 34 atom stereocenters. The van der Waals surface area contributed by atoms with Gasteiger partial charge in [0.1, 0.15) is 5.78 Å². The summed E-state index contributed by atoms with van der Waals surface area (Å²) in [7, 11) is 1.44. The van der Waals surface area contributed by atoms with E-state index in [0.717, 1.165) is 109 Å². The van der Waals surface area contributed by atoms with Crippen LogP contribution < -0.4 is 0 Å². The van der Waals surface area contributed by atoms with Gasteiger partial charge in [-0.25, -0.2) is 4.79 Å². The van der Waals surface area contributed by atoms with Gasteiger partial charge in [-0.1, -0.05) is 137 Å². The lowest BCUT2D eigenvalue weighted by atomic mass is 9.40. The van der Waals surface area contributed by atoms with E-state index >= 15 is 0 Å². The fourth-order valence-electron chi connectivity index (χ4n) is 28.8. The molecule has 12 fully saturated rings. The third-order valence-electron chi connectivity index (χ3n) is 32.8. The van der Waals surface area contributed by atoms with Crippen molar-refractivity contribution in [2.75, 3.05) is 7.11 Å². The molecule has 9 N–H and O–H groups in total. The maximum absolute atomic E-state index is 12.4. The quantitative estimate of drug-likeness (QED) is 0.0419. The number of carbonyl (C=O) groups excluding carboxylic acids is 3. The number of aliphatic carboxylic acids is 1. The number of aliphatic hydroxyl groups excluding tert-OH is 7. The number of rotatable bonds is 15. The monoisotopic (exact) mass is 1370 g/mol. The Hall–Kier alpha value is -2.24. The van der Waals surface area contributed by atoms with Crippen LogP contribution in [-0.2, 0) is 28.8 Å². The zero-order chi connectivity index (χ0) is 68.7. The molecule has 0 amide bonds. The Morgan fingerprint density at radius 3 is 1.26 bits per heavy atom. The van der Waals surface area contributed by atoms with Crippen molar-refractivity contribution >= 4 is 23.7 Å². The van der Waals surface area contributed by atoms with Crippen LogP contribution in [0.2, 0.25) is 0 Å². The SMILES string of the molecule is C.C.C.CC[C@H]1[C@@H](O)C2C3CC[C@H]([C@H](C)CCC(=O)O)[C@@]3(C)C[C@H](O)C2[C@@]2(C)CCCC[C@@H]12.CC[C@H]1[C@@H](O)C2C3CC[C@H]([C@H](C)CCC(=O)OC)[C@@]3(C)C[C@H](O)C2[C@@]2(C)CCC(=O)C[C@@H]12.CC[C@H]1[C@@H](O)C2C3CC[C@H]([C@H](C)CCC(=O)OO)[C@@]3(C)C[C@H](O)C2[C@@]2(C)CC[C@@H](O)C[C@@H]12. The first-order valence-corrected chi connectivity index (χ1v) is 38.7. The van der Waals surface area contributed by atoms with Crippen molar-refractivity contribution in [3.8, 4) is 0 Å². The number of ketones is 1. The Labute approximate surface area is 587 Å². The maximum atomic E-state index is 12.4. The predicted molar refractivity (Wildman–Crippen MR) is 381 cm³/mol. The van der Waals surface area contributed by atoms with Gasteiger partial charge in [-0.3, -0.25) is 14.4 Å². The van der Waals surface area contributed by atoms with Gasteiger partial charge in [0.2, 0.25) is 0 Å². The number of aliphatic hydroxyl groups is 7. The molecule has 12 saturated carbocycles. The molecule has 12 aliphatic carbocycles. The molecule has 0 aromatic carbocycles. The van der Waals surface area contributed by atoms with Crippen LogP contribution in [0.3, 0.4) is 0 Å². The Bertz CT molecular complexity index is 2630. The summed E-state index contributed by atoms with van der Waals surface area (Å²) < 4.78 is 4.85. The molecule has 0 heterocycles. The van der Waals surface area contributed by atoms with Gasteiger partial charge in [0.25, 0.3) is 0 Å². The summed E-state index contributed by atoms with van der Waals surface area (Å²) in [5.41, 5.74) is -0.0536. The third-order valence-corrected chi connectivity index (χ3v) is 32.8. The molecular formula is C82H144O15. The molecule has 0 aliphatic heterocycles. The summed E-state index contributed by atoms with van der Waals surface area (Å²) in [6.45, 7) is 27.3. The minimum atomic E-state index is -0.713. The summed E-state index contributed by atoms with van der Waals surface area (Å²) in [5, 5.41) is 98.3. The average molecular weight is 1370 g/mol. The van der Waals surface area contributed by atoms with Gasteiger partial charge in [0.15, 0.2) is 0 Å². The zero-order valence-corrected chi connectivity index (χ0v) is 60.4. The van der Waals surface area contributed by atoms with E-state index in [0.29, 0.717) is 97.1 Å². The summed E-state index contributed by atoms with van der Waals surface area (Å²) in [5.74, 6) is 4.73. The minimum Gasteiger partial charge on any atom is -0.481 e. The van der Waals surface area contributed by atoms with Crippen molar-refractivity contribution in [2.24, 2.45) is 157 Å². The first-order valence-electron chi connectivity index (χ1n) is 38.7. The van der Waals surface area contributed by atoms with Gasteiger partial charge < -0.3 is 50.5 Å². The summed E-state index contributed by atoms with van der Waals surface area (Å²) in [6.07, 6.45) is 21.4. The summed E-state index contributed by atoms with van der Waals surface area (Å²) >= 11 is 0. The Balaban J connectivity index is 0.000000202. The smallest absolute Gasteiger partial charge is 0.342 e. The number of carboxylic acids is 1. The lowest BCUT2D eigenvalue weighted by molar-refractivity contribution is -0.237. The van der Waals surface area contributed by atoms with Crippen LogP contribution >= 0.6 is 0 Å². The second-order valence-electron chi connectivity index (χ2n) is 36.4. The van der Waals surface area contributed by atoms with Crippen LogP contribution in [0.4, 0.5) is 0 Å². The zero-order valence-electron chi connectivity index (χ0n) is 60.4. The second-order valence-corrected chi connectivity index (χ2v) is 36.4. The Kier molecular flexibility index (Phi) is 26.7. The molecule has 9 unspecified atom stereocenters. The minimum absolute atomic E-state index is 0. The van der Waals surface area contributed by atoms with Gasteiger partial charge in [0, 0.05) is 32.1 Å². The summed E-state index contributed by atoms with van der Waals surface area (Å²) in [6, 6.07) is 0. The standard InChI is InChI=1S/C27H44O5.C26H44O6.C26H44O4.3CH4/c1-6-17-20-13-16(28)11-12-26(20,3)24-21(29)14-27(4)18(15(2)7-10-22(30)32-5)8-9-19(27)23(24)25(17)31;1-5-16-19-12-15(27)10-11-25(19,3)23-20(28)13-26(4)17(14(2)6-9-21(29)32-31)7-8-18(26)22(23)24(16)30;1-5-16-18-8-6-7-13-25(18,3)23-20(27)14-26(4)17(15(2)9-12-21(28)29)10-11-19(26)22(23)24(16)30;;;/h15,17-21,23-25,29,31H,6-14H2,1-5H3;14-20,22-24,27-28,30-31H,5-13H2,1-4H3;15-20,22-24,27,30H,5-14H2,1-4H3,(H,28,29);3*1H4/t15-,17-,18-,19?,20+,21+,23?,24?,25-,26+,27-;14-,15-,16-,17-,18?,19+,20+,22?,23?,24-,25+,26-;15-,16-,17-,18+,19?,20+,22?,23?,24-,25+,26-;;;/m111.../s1. The van der Waals surface area contributed by atoms with E-state index in [1.807, 2.05) is 0 Å². The van der Waals surface area contributed by atoms with E-state index in [1.54, 1.807) is 0 Å². The van der Waals surface area contributed by atoms with Crippen LogP contribution in [-0.4, -0.2) is 120 Å². The topological polar surface area (TPSA) is 269 Å². The average Bonchev–Trinajstić information content (AvgIpc) is 1.70. The van der Waals surface area contributed by atoms with Crippen molar-refractivity contribution in [3.63, 3.8) is 0 Å². The molecule has 0 aromatic heterocycles. The van der Waals surface area contributed by atoms with E-state index in [1.165, 1.54) is 32.8 Å². The van der Waals surface area contributed by atoms with Crippen LogP contribution in [0.1, 0.15) is 285 Å². The van der Waals surface area contributed by atoms with E-state index in [-0.39, 0.29) is 157 Å². The first-order chi connectivity index (χ1) is 44.3. The van der Waals surface area contributed by atoms with Crippen LogP contribution in [0.15, 0.2) is 0 Å². The van der Waals surface area contributed by atoms with Gasteiger partial charge in [-0.2, -0.15) is 5.26 Å². The molecule has 15 nitrogen and oxygen atoms in total. The first kappa shape index (κ1) is 82.1. The summed E-state index contributed by atoms with van der Waals surface area (Å²) in [4.78, 5) is 50.6. The van der Waals surface area contributed by atoms with Gasteiger partial charge in [-0.05, 0) is 272 Å². The van der Waals surface area contributed by atoms with Crippen molar-refractivity contribution in [2.45, 2.75) is 328 Å². The highest BCUT2D eigenvalue weighted by Gasteiger charge is 2.71. The second kappa shape index (κ2) is 31.6. The lowest BCUT2D eigenvalue weighted by Crippen LogP contribution is -2.65. The number of Topliss-reactive ketones (excluding diaryl/α,β-unsaturated/α-hetero) is 1. The molecule has 0 radical (unpaired) electrons. The van der Waals surface area contributed by atoms with E-state index < -0.39 is 36.4 Å². The van der Waals surface area contributed by atoms with E-state index in [4.69, 9.17) is 15.1 Å². The highest BCUT2D eigenvalue weighted by molar-refractivity contribution is 5.79. The van der Waals surface area contributed by atoms with Crippen LogP contribution in [0.5, 0.6) is 0 Å². The fourth-order valence-corrected chi connectivity index (χ4v) is 28.8.